The number of halogens is 1. The fraction of sp³-hybridized carbons (Fsp3) is 0.0952. The van der Waals surface area contributed by atoms with E-state index in [4.69, 9.17) is 0 Å². The number of benzene rings is 2. The Labute approximate surface area is 183 Å². The molecule has 1 amide bonds. The van der Waals surface area contributed by atoms with Crippen LogP contribution in [-0.2, 0) is 14.8 Å². The van der Waals surface area contributed by atoms with Crippen LogP contribution in [0.3, 0.4) is 0 Å². The largest absolute Gasteiger partial charge is 0.271 e. The van der Waals surface area contributed by atoms with E-state index in [0.29, 0.717) is 11.3 Å². The van der Waals surface area contributed by atoms with Crippen LogP contribution in [0.25, 0.3) is 0 Å². The molecule has 7 nitrogen and oxygen atoms in total. The van der Waals surface area contributed by atoms with Gasteiger partial charge in [-0.2, -0.15) is 5.10 Å². The minimum Gasteiger partial charge on any atom is -0.271 e. The molecule has 0 aliphatic heterocycles. The van der Waals surface area contributed by atoms with Gasteiger partial charge >= 0.3 is 0 Å². The summed E-state index contributed by atoms with van der Waals surface area (Å²) in [7, 11) is -3.96. The molecule has 3 rings (SSSR count). The van der Waals surface area contributed by atoms with Gasteiger partial charge in [-0.1, -0.05) is 39.7 Å². The lowest BCUT2D eigenvalue weighted by Gasteiger charge is -2.23. The summed E-state index contributed by atoms with van der Waals surface area (Å²) in [6.07, 6.45) is 4.65. The summed E-state index contributed by atoms with van der Waals surface area (Å²) in [6.45, 7) is 1.44. The van der Waals surface area contributed by atoms with Gasteiger partial charge in [0.25, 0.3) is 15.9 Å². The number of hydrogen-bond donors (Lipinski definition) is 1. The van der Waals surface area contributed by atoms with Crippen LogP contribution in [0.15, 0.2) is 87.5 Å². The van der Waals surface area contributed by atoms with Crippen LogP contribution in [0, 0.1) is 6.92 Å². The first-order chi connectivity index (χ1) is 14.4. The van der Waals surface area contributed by atoms with E-state index in [9.17, 15) is 13.2 Å². The van der Waals surface area contributed by atoms with Crippen molar-refractivity contribution >= 4 is 43.8 Å². The molecule has 0 fully saturated rings. The number of sulfonamides is 1. The summed E-state index contributed by atoms with van der Waals surface area (Å²) < 4.78 is 28.3. The zero-order chi connectivity index (χ0) is 21.6. The topological polar surface area (TPSA) is 91.7 Å². The zero-order valence-corrected chi connectivity index (χ0v) is 18.5. The van der Waals surface area contributed by atoms with Gasteiger partial charge in [0.15, 0.2) is 0 Å². The maximum absolute atomic E-state index is 13.2. The van der Waals surface area contributed by atoms with E-state index in [1.165, 1.54) is 18.3 Å². The van der Waals surface area contributed by atoms with Crippen molar-refractivity contribution in [3.8, 4) is 0 Å². The maximum atomic E-state index is 13.2. The zero-order valence-electron chi connectivity index (χ0n) is 16.1. The van der Waals surface area contributed by atoms with Crippen LogP contribution >= 0.6 is 15.9 Å². The van der Waals surface area contributed by atoms with Crippen molar-refractivity contribution in [2.75, 3.05) is 10.8 Å². The number of nitrogens with zero attached hydrogens (tertiary/aromatic N) is 3. The minimum absolute atomic E-state index is 0.0997. The summed E-state index contributed by atoms with van der Waals surface area (Å²) in [5.74, 6) is -0.575. The third-order valence-corrected chi connectivity index (χ3v) is 6.41. The molecule has 0 atom stereocenters. The quantitative estimate of drug-likeness (QED) is 0.408. The molecule has 2 aromatic carbocycles. The van der Waals surface area contributed by atoms with Gasteiger partial charge in [0.2, 0.25) is 0 Å². The second-order valence-electron chi connectivity index (χ2n) is 6.38. The molecule has 1 N–H and O–H groups in total. The number of amides is 1. The smallest absolute Gasteiger partial charge is 0.264 e. The standard InChI is InChI=1S/C21H19BrN4O3S/c1-16-4-10-20(11-5-16)30(28,29)26(19-8-6-18(22)7-9-19)15-21(27)25-24-14-17-3-2-12-23-13-17/h2-14H,15H2,1H3,(H,25,27)/b24-14-. The Bertz CT molecular complexity index is 1130. The molecular weight excluding hydrogens is 468 g/mol. The predicted octanol–water partition coefficient (Wildman–Crippen LogP) is 3.50. The SMILES string of the molecule is Cc1ccc(S(=O)(=O)N(CC(=O)N/N=C\c2cccnc2)c2ccc(Br)cc2)cc1. The van der Waals surface area contributed by atoms with E-state index < -0.39 is 22.5 Å². The van der Waals surface area contributed by atoms with Crippen LogP contribution in [0.2, 0.25) is 0 Å². The number of hydrogen-bond acceptors (Lipinski definition) is 5. The average molecular weight is 487 g/mol. The van der Waals surface area contributed by atoms with Gasteiger partial charge in [0, 0.05) is 22.4 Å². The average Bonchev–Trinajstić information content (AvgIpc) is 2.74. The number of pyridine rings is 1. The van der Waals surface area contributed by atoms with E-state index >= 15 is 0 Å². The molecule has 0 aliphatic rings. The van der Waals surface area contributed by atoms with Crippen LogP contribution < -0.4 is 9.73 Å². The highest BCUT2D eigenvalue weighted by atomic mass is 79.9. The highest BCUT2D eigenvalue weighted by Crippen LogP contribution is 2.25. The first-order valence-electron chi connectivity index (χ1n) is 8.93. The van der Waals surface area contributed by atoms with Crippen LogP contribution in [0.1, 0.15) is 11.1 Å². The highest BCUT2D eigenvalue weighted by molar-refractivity contribution is 9.10. The van der Waals surface area contributed by atoms with Gasteiger partial charge in [-0.05, 0) is 49.4 Å². The minimum atomic E-state index is -3.96. The Kier molecular flexibility index (Phi) is 6.96. The molecule has 0 radical (unpaired) electrons. The number of nitrogens with one attached hydrogen (secondary N) is 1. The molecule has 0 unspecified atom stereocenters. The predicted molar refractivity (Wildman–Crippen MR) is 120 cm³/mol. The molecule has 0 saturated heterocycles. The first kappa shape index (κ1) is 21.7. The summed E-state index contributed by atoms with van der Waals surface area (Å²) >= 11 is 3.33. The van der Waals surface area contributed by atoms with Crippen LogP contribution in [-0.4, -0.2) is 32.1 Å². The van der Waals surface area contributed by atoms with Crippen molar-refractivity contribution in [3.63, 3.8) is 0 Å². The van der Waals surface area contributed by atoms with Gasteiger partial charge in [-0.15, -0.1) is 0 Å². The Morgan fingerprint density at radius 1 is 1.13 bits per heavy atom. The van der Waals surface area contributed by atoms with Crippen molar-refractivity contribution in [2.24, 2.45) is 5.10 Å². The summed E-state index contributed by atoms with van der Waals surface area (Å²) in [4.78, 5) is 16.5. The molecule has 3 aromatic rings. The number of hydrazone groups is 1. The van der Waals surface area contributed by atoms with Crippen molar-refractivity contribution in [1.82, 2.24) is 10.4 Å². The number of anilines is 1. The van der Waals surface area contributed by atoms with Gasteiger partial charge in [0.05, 0.1) is 16.8 Å². The van der Waals surface area contributed by atoms with E-state index in [0.717, 1.165) is 14.3 Å². The Morgan fingerprint density at radius 3 is 2.47 bits per heavy atom. The van der Waals surface area contributed by atoms with Gasteiger partial charge in [-0.3, -0.25) is 14.1 Å². The molecule has 1 aromatic heterocycles. The second-order valence-corrected chi connectivity index (χ2v) is 9.16. The van der Waals surface area contributed by atoms with Crippen molar-refractivity contribution < 1.29 is 13.2 Å². The molecule has 154 valence electrons. The maximum Gasteiger partial charge on any atom is 0.264 e. The lowest BCUT2D eigenvalue weighted by atomic mass is 10.2. The van der Waals surface area contributed by atoms with Crippen molar-refractivity contribution in [1.29, 1.82) is 0 Å². The van der Waals surface area contributed by atoms with Crippen molar-refractivity contribution in [3.05, 3.63) is 88.7 Å². The Morgan fingerprint density at radius 2 is 1.83 bits per heavy atom. The van der Waals surface area contributed by atoms with Crippen LogP contribution in [0.5, 0.6) is 0 Å². The molecule has 0 saturated carbocycles. The number of carbonyl (C=O) groups excluding carboxylic acids is 1. The lowest BCUT2D eigenvalue weighted by Crippen LogP contribution is -2.39. The summed E-state index contributed by atoms with van der Waals surface area (Å²) in [6, 6.07) is 16.7. The van der Waals surface area contributed by atoms with Crippen LogP contribution in [0.4, 0.5) is 5.69 Å². The highest BCUT2D eigenvalue weighted by Gasteiger charge is 2.27. The third kappa shape index (κ3) is 5.52. The van der Waals surface area contributed by atoms with E-state index in [1.54, 1.807) is 60.9 Å². The molecule has 1 heterocycles. The number of aryl methyl sites for hydroxylation is 1. The molecule has 0 aliphatic carbocycles. The number of carbonyl (C=O) groups is 1. The van der Waals surface area contributed by atoms with Crippen molar-refractivity contribution in [2.45, 2.75) is 11.8 Å². The van der Waals surface area contributed by atoms with E-state index in [1.807, 2.05) is 6.92 Å². The normalized spacial score (nSPS) is 11.4. The summed E-state index contributed by atoms with van der Waals surface area (Å²) in [5.41, 5.74) is 4.37. The lowest BCUT2D eigenvalue weighted by molar-refractivity contribution is -0.119. The van der Waals surface area contributed by atoms with Gasteiger partial charge in [-0.25, -0.2) is 13.8 Å². The fourth-order valence-corrected chi connectivity index (χ4v) is 4.24. The van der Waals surface area contributed by atoms with E-state index in [2.05, 4.69) is 31.4 Å². The number of rotatable bonds is 7. The summed E-state index contributed by atoms with van der Waals surface area (Å²) in [5, 5.41) is 3.88. The van der Waals surface area contributed by atoms with Gasteiger partial charge < -0.3 is 0 Å². The van der Waals surface area contributed by atoms with Gasteiger partial charge in [0.1, 0.15) is 6.54 Å². The Balaban J connectivity index is 1.84. The Hall–Kier alpha value is -3.04. The monoisotopic (exact) mass is 486 g/mol. The molecule has 9 heteroatoms. The number of aromatic nitrogens is 1. The third-order valence-electron chi connectivity index (χ3n) is 4.10. The molecule has 0 bridgehead atoms. The molecular formula is C21H19BrN4O3S. The van der Waals surface area contributed by atoms with E-state index in [-0.39, 0.29) is 4.90 Å². The molecule has 30 heavy (non-hydrogen) atoms. The second kappa shape index (κ2) is 9.64. The molecule has 0 spiro atoms. The fourth-order valence-electron chi connectivity index (χ4n) is 2.56. The first-order valence-corrected chi connectivity index (χ1v) is 11.2.